The summed E-state index contributed by atoms with van der Waals surface area (Å²) >= 11 is 0. The predicted octanol–water partition coefficient (Wildman–Crippen LogP) is 5.47. The molecule has 0 aromatic carbocycles. The Kier molecular flexibility index (Phi) is 11.5. The van der Waals surface area contributed by atoms with E-state index < -0.39 is 12.1 Å². The maximum Gasteiger partial charge on any atom is 0.408 e. The minimum atomic E-state index is -0.618. The summed E-state index contributed by atoms with van der Waals surface area (Å²) in [5.74, 6) is 1.09. The highest BCUT2D eigenvalue weighted by Gasteiger charge is 2.34. The van der Waals surface area contributed by atoms with E-state index in [4.69, 9.17) is 9.47 Å². The van der Waals surface area contributed by atoms with E-state index in [2.05, 4.69) is 33.0 Å². The van der Waals surface area contributed by atoms with Crippen molar-refractivity contribution in [2.45, 2.75) is 105 Å². The van der Waals surface area contributed by atoms with Crippen molar-refractivity contribution in [2.24, 2.45) is 17.8 Å². The van der Waals surface area contributed by atoms with Gasteiger partial charge >= 0.3 is 12.1 Å². The molecule has 5 heteroatoms. The van der Waals surface area contributed by atoms with Crippen molar-refractivity contribution in [3.8, 4) is 0 Å². The van der Waals surface area contributed by atoms with E-state index in [0.717, 1.165) is 44.9 Å². The van der Waals surface area contributed by atoms with Crippen LogP contribution in [-0.4, -0.2) is 30.8 Å². The van der Waals surface area contributed by atoms with Gasteiger partial charge in [-0.05, 0) is 43.4 Å². The number of carbonyl (C=O) groups is 2. The Hall–Kier alpha value is -1.26. The topological polar surface area (TPSA) is 64.6 Å². The van der Waals surface area contributed by atoms with E-state index in [0.29, 0.717) is 30.8 Å². The molecule has 1 saturated carbocycles. The Labute approximate surface area is 165 Å². The molecule has 4 atom stereocenters. The molecule has 158 valence electrons. The molecule has 0 aromatic heterocycles. The van der Waals surface area contributed by atoms with Gasteiger partial charge in [-0.25, -0.2) is 9.59 Å². The minimum Gasteiger partial charge on any atom is -0.464 e. The normalized spacial score (nSPS) is 23.7. The van der Waals surface area contributed by atoms with Gasteiger partial charge in [-0.15, -0.1) is 0 Å². The van der Waals surface area contributed by atoms with Gasteiger partial charge in [0.25, 0.3) is 0 Å². The second kappa shape index (κ2) is 13.0. The number of amides is 1. The summed E-state index contributed by atoms with van der Waals surface area (Å²) in [6.07, 6.45) is 8.23. The molecule has 0 bridgehead atoms. The van der Waals surface area contributed by atoms with Crippen molar-refractivity contribution in [3.63, 3.8) is 0 Å². The van der Waals surface area contributed by atoms with Crippen molar-refractivity contribution in [2.75, 3.05) is 6.61 Å². The van der Waals surface area contributed by atoms with Crippen LogP contribution in [0.4, 0.5) is 4.79 Å². The van der Waals surface area contributed by atoms with Gasteiger partial charge in [0, 0.05) is 0 Å². The molecule has 5 nitrogen and oxygen atoms in total. The number of nitrogens with one attached hydrogen (secondary N) is 1. The average Bonchev–Trinajstić information content (AvgIpc) is 2.60. The van der Waals surface area contributed by atoms with Crippen LogP contribution in [0.3, 0.4) is 0 Å². The van der Waals surface area contributed by atoms with Crippen molar-refractivity contribution in [3.05, 3.63) is 0 Å². The Morgan fingerprint density at radius 3 is 2.44 bits per heavy atom. The monoisotopic (exact) mass is 383 g/mol. The Bertz CT molecular complexity index is 438. The highest BCUT2D eigenvalue weighted by molar-refractivity contribution is 5.81. The lowest BCUT2D eigenvalue weighted by molar-refractivity contribution is -0.146. The number of rotatable bonds is 11. The van der Waals surface area contributed by atoms with E-state index in [1.807, 2.05) is 6.92 Å². The zero-order chi connectivity index (χ0) is 20.2. The number of hydrogen-bond donors (Lipinski definition) is 1. The molecular formula is C22H41NO4. The summed E-state index contributed by atoms with van der Waals surface area (Å²) in [7, 11) is 0. The molecule has 0 radical (unpaired) electrons. The lowest BCUT2D eigenvalue weighted by Gasteiger charge is -2.36. The minimum absolute atomic E-state index is 0.0684. The van der Waals surface area contributed by atoms with Gasteiger partial charge in [0.2, 0.25) is 0 Å². The second-order valence-electron chi connectivity index (χ2n) is 8.48. The summed E-state index contributed by atoms with van der Waals surface area (Å²) in [6.45, 7) is 11.1. The van der Waals surface area contributed by atoms with Gasteiger partial charge in [-0.3, -0.25) is 0 Å². The van der Waals surface area contributed by atoms with E-state index in [9.17, 15) is 9.59 Å². The SMILES string of the molecule is CCCCCCOC(=O)C(CCC)NC(=O)OC1CC(C)CCC1C(C)C. The Balaban J connectivity index is 2.51. The number of esters is 1. The third-order valence-electron chi connectivity index (χ3n) is 5.62. The van der Waals surface area contributed by atoms with Crippen LogP contribution in [0.15, 0.2) is 0 Å². The van der Waals surface area contributed by atoms with E-state index >= 15 is 0 Å². The van der Waals surface area contributed by atoms with Crippen LogP contribution in [0.1, 0.15) is 92.4 Å². The van der Waals surface area contributed by atoms with E-state index in [1.165, 1.54) is 6.42 Å². The van der Waals surface area contributed by atoms with Gasteiger partial charge in [0.1, 0.15) is 12.1 Å². The average molecular weight is 384 g/mol. The van der Waals surface area contributed by atoms with Crippen molar-refractivity contribution < 1.29 is 19.1 Å². The first kappa shape index (κ1) is 23.8. The largest absolute Gasteiger partial charge is 0.464 e. The molecule has 1 fully saturated rings. The first-order valence-electron chi connectivity index (χ1n) is 11.0. The first-order valence-corrected chi connectivity index (χ1v) is 11.0. The first-order chi connectivity index (χ1) is 12.9. The van der Waals surface area contributed by atoms with Crippen molar-refractivity contribution >= 4 is 12.1 Å². The highest BCUT2D eigenvalue weighted by atomic mass is 16.6. The quantitative estimate of drug-likeness (QED) is 0.380. The molecule has 1 rings (SSSR count). The molecule has 1 amide bonds. The molecule has 0 saturated heterocycles. The summed E-state index contributed by atoms with van der Waals surface area (Å²) in [5.41, 5.74) is 0. The van der Waals surface area contributed by atoms with Crippen LogP contribution in [0, 0.1) is 17.8 Å². The number of carbonyl (C=O) groups excluding carboxylic acids is 2. The lowest BCUT2D eigenvalue weighted by atomic mass is 9.75. The zero-order valence-corrected chi connectivity index (χ0v) is 18.1. The molecule has 1 aliphatic rings. The van der Waals surface area contributed by atoms with E-state index in [-0.39, 0.29) is 12.1 Å². The molecule has 0 aromatic rings. The lowest BCUT2D eigenvalue weighted by Crippen LogP contribution is -2.45. The highest BCUT2D eigenvalue weighted by Crippen LogP contribution is 2.35. The number of unbranched alkanes of at least 4 members (excludes halogenated alkanes) is 3. The van der Waals surface area contributed by atoms with Crippen LogP contribution in [0.2, 0.25) is 0 Å². The number of alkyl carbamates (subject to hydrolysis) is 1. The third kappa shape index (κ3) is 8.98. The fourth-order valence-electron chi connectivity index (χ4n) is 3.90. The maximum atomic E-state index is 12.4. The molecular weight excluding hydrogens is 342 g/mol. The zero-order valence-electron chi connectivity index (χ0n) is 18.1. The third-order valence-corrected chi connectivity index (χ3v) is 5.62. The molecule has 1 N–H and O–H groups in total. The molecule has 0 aliphatic heterocycles. The molecule has 4 unspecified atom stereocenters. The van der Waals surface area contributed by atoms with Crippen LogP contribution < -0.4 is 5.32 Å². The van der Waals surface area contributed by atoms with Crippen LogP contribution in [-0.2, 0) is 14.3 Å². The fourth-order valence-corrected chi connectivity index (χ4v) is 3.90. The molecule has 0 heterocycles. The van der Waals surface area contributed by atoms with Crippen LogP contribution >= 0.6 is 0 Å². The summed E-state index contributed by atoms with van der Waals surface area (Å²) in [5, 5.41) is 2.76. The van der Waals surface area contributed by atoms with E-state index in [1.54, 1.807) is 0 Å². The molecule has 1 aliphatic carbocycles. The summed E-state index contributed by atoms with van der Waals surface area (Å²) in [6, 6.07) is -0.618. The van der Waals surface area contributed by atoms with Gasteiger partial charge in [0.15, 0.2) is 0 Å². The maximum absolute atomic E-state index is 12.4. The molecule has 27 heavy (non-hydrogen) atoms. The summed E-state index contributed by atoms with van der Waals surface area (Å²) in [4.78, 5) is 24.8. The van der Waals surface area contributed by atoms with Gasteiger partial charge < -0.3 is 14.8 Å². The summed E-state index contributed by atoms with van der Waals surface area (Å²) < 4.78 is 11.1. The van der Waals surface area contributed by atoms with Crippen molar-refractivity contribution in [1.29, 1.82) is 0 Å². The predicted molar refractivity (Wildman–Crippen MR) is 109 cm³/mol. The standard InChI is InChI=1S/C22H41NO4/c1-6-8-9-10-14-26-21(24)19(11-7-2)23-22(25)27-20-15-17(5)12-13-18(20)16(3)4/h16-20H,6-15H2,1-5H3,(H,23,25). The van der Waals surface area contributed by atoms with Crippen LogP contribution in [0.25, 0.3) is 0 Å². The van der Waals surface area contributed by atoms with Crippen LogP contribution in [0.5, 0.6) is 0 Å². The van der Waals surface area contributed by atoms with Gasteiger partial charge in [-0.1, -0.05) is 66.7 Å². The molecule has 0 spiro atoms. The Morgan fingerprint density at radius 1 is 1.07 bits per heavy atom. The fraction of sp³-hybridized carbons (Fsp3) is 0.909. The smallest absolute Gasteiger partial charge is 0.408 e. The second-order valence-corrected chi connectivity index (χ2v) is 8.48. The number of hydrogen-bond acceptors (Lipinski definition) is 4. The van der Waals surface area contributed by atoms with Crippen molar-refractivity contribution in [1.82, 2.24) is 5.32 Å². The van der Waals surface area contributed by atoms with Gasteiger partial charge in [-0.2, -0.15) is 0 Å². The van der Waals surface area contributed by atoms with Gasteiger partial charge in [0.05, 0.1) is 6.61 Å². The number of ether oxygens (including phenoxy) is 2. The Morgan fingerprint density at radius 2 is 1.81 bits per heavy atom.